The van der Waals surface area contributed by atoms with E-state index in [1.165, 1.54) is 0 Å². The summed E-state index contributed by atoms with van der Waals surface area (Å²) in [5.74, 6) is 5.41. The standard InChI is InChI=1S/C8H19N3O2/c1-11-3-4-13-8(5-11)7(10-9)6-12-2/h7-8,10H,3-6,9H2,1-2H3. The second-order valence-corrected chi connectivity index (χ2v) is 3.40. The van der Waals surface area contributed by atoms with Crippen molar-refractivity contribution in [2.75, 3.05) is 40.5 Å². The van der Waals surface area contributed by atoms with E-state index in [1.54, 1.807) is 7.11 Å². The van der Waals surface area contributed by atoms with E-state index >= 15 is 0 Å². The molecule has 2 unspecified atom stereocenters. The number of nitrogens with zero attached hydrogens (tertiary/aromatic N) is 1. The quantitative estimate of drug-likeness (QED) is 0.429. The van der Waals surface area contributed by atoms with Crippen molar-refractivity contribution in [2.45, 2.75) is 12.1 Å². The number of methoxy groups -OCH3 is 1. The molecule has 0 aromatic rings. The van der Waals surface area contributed by atoms with Gasteiger partial charge in [0.15, 0.2) is 0 Å². The number of hydrogen-bond acceptors (Lipinski definition) is 5. The zero-order valence-electron chi connectivity index (χ0n) is 8.32. The minimum Gasteiger partial charge on any atom is -0.383 e. The van der Waals surface area contributed by atoms with E-state index in [-0.39, 0.29) is 12.1 Å². The van der Waals surface area contributed by atoms with E-state index in [0.29, 0.717) is 6.61 Å². The number of nitrogens with two attached hydrogens (primary N) is 1. The van der Waals surface area contributed by atoms with Crippen LogP contribution in [0.15, 0.2) is 0 Å². The van der Waals surface area contributed by atoms with Gasteiger partial charge in [-0.25, -0.2) is 0 Å². The average Bonchev–Trinajstić information content (AvgIpc) is 2.14. The molecule has 0 radical (unpaired) electrons. The van der Waals surface area contributed by atoms with E-state index in [2.05, 4.69) is 17.4 Å². The Bertz CT molecular complexity index is 145. The molecule has 3 N–H and O–H groups in total. The van der Waals surface area contributed by atoms with Crippen LogP contribution in [0, 0.1) is 0 Å². The Labute approximate surface area is 79.1 Å². The maximum atomic E-state index is 5.59. The monoisotopic (exact) mass is 189 g/mol. The summed E-state index contributed by atoms with van der Waals surface area (Å²) in [6, 6.07) is 0.0766. The molecule has 1 heterocycles. The molecule has 0 aromatic heterocycles. The highest BCUT2D eigenvalue weighted by molar-refractivity contribution is 4.80. The first kappa shape index (κ1) is 10.9. The van der Waals surface area contributed by atoms with Crippen LogP contribution in [0.3, 0.4) is 0 Å². The SMILES string of the molecule is COCC(NN)C1CN(C)CCO1. The second kappa shape index (κ2) is 5.51. The number of nitrogens with one attached hydrogen (secondary N) is 1. The molecular formula is C8H19N3O2. The molecule has 1 fully saturated rings. The maximum Gasteiger partial charge on any atom is 0.0891 e. The van der Waals surface area contributed by atoms with Gasteiger partial charge in [0, 0.05) is 20.2 Å². The number of hydrazine groups is 1. The van der Waals surface area contributed by atoms with Gasteiger partial charge in [-0.3, -0.25) is 11.3 Å². The summed E-state index contributed by atoms with van der Waals surface area (Å²) in [5.41, 5.74) is 2.72. The van der Waals surface area contributed by atoms with Crippen molar-refractivity contribution in [2.24, 2.45) is 5.84 Å². The fourth-order valence-electron chi connectivity index (χ4n) is 1.50. The summed E-state index contributed by atoms with van der Waals surface area (Å²) >= 11 is 0. The van der Waals surface area contributed by atoms with Gasteiger partial charge in [0.05, 0.1) is 25.4 Å². The van der Waals surface area contributed by atoms with Crippen molar-refractivity contribution >= 4 is 0 Å². The molecular weight excluding hydrogens is 170 g/mol. The van der Waals surface area contributed by atoms with E-state index in [0.717, 1.165) is 19.7 Å². The highest BCUT2D eigenvalue weighted by Gasteiger charge is 2.25. The number of morpholine rings is 1. The van der Waals surface area contributed by atoms with Gasteiger partial charge in [-0.1, -0.05) is 0 Å². The summed E-state index contributed by atoms with van der Waals surface area (Å²) < 4.78 is 10.6. The van der Waals surface area contributed by atoms with Crippen LogP contribution in [-0.4, -0.2) is 57.5 Å². The molecule has 2 atom stereocenters. The van der Waals surface area contributed by atoms with E-state index in [4.69, 9.17) is 15.3 Å². The summed E-state index contributed by atoms with van der Waals surface area (Å²) in [4.78, 5) is 2.23. The average molecular weight is 189 g/mol. The molecule has 5 heteroatoms. The molecule has 1 aliphatic heterocycles. The van der Waals surface area contributed by atoms with Crippen LogP contribution in [0.25, 0.3) is 0 Å². The maximum absolute atomic E-state index is 5.59. The van der Waals surface area contributed by atoms with E-state index < -0.39 is 0 Å². The topological polar surface area (TPSA) is 59.8 Å². The van der Waals surface area contributed by atoms with Crippen molar-refractivity contribution in [3.63, 3.8) is 0 Å². The first-order valence-corrected chi connectivity index (χ1v) is 4.53. The summed E-state index contributed by atoms with van der Waals surface area (Å²) in [6.45, 7) is 3.23. The lowest BCUT2D eigenvalue weighted by Crippen LogP contribution is -2.54. The minimum absolute atomic E-state index is 0.0766. The highest BCUT2D eigenvalue weighted by Crippen LogP contribution is 2.07. The highest BCUT2D eigenvalue weighted by atomic mass is 16.5. The molecule has 1 saturated heterocycles. The van der Waals surface area contributed by atoms with Gasteiger partial charge in [0.25, 0.3) is 0 Å². The molecule has 0 aliphatic carbocycles. The molecule has 1 aliphatic rings. The van der Waals surface area contributed by atoms with Crippen molar-refractivity contribution < 1.29 is 9.47 Å². The molecule has 78 valence electrons. The Kier molecular flexibility index (Phi) is 4.61. The van der Waals surface area contributed by atoms with Crippen LogP contribution in [0.4, 0.5) is 0 Å². The number of rotatable bonds is 4. The lowest BCUT2D eigenvalue weighted by atomic mass is 10.1. The molecule has 0 amide bonds. The fraction of sp³-hybridized carbons (Fsp3) is 1.00. The third-order valence-corrected chi connectivity index (χ3v) is 2.31. The molecule has 0 aromatic carbocycles. The first-order valence-electron chi connectivity index (χ1n) is 4.53. The van der Waals surface area contributed by atoms with Gasteiger partial charge in [-0.2, -0.15) is 0 Å². The van der Waals surface area contributed by atoms with Crippen molar-refractivity contribution in [3.05, 3.63) is 0 Å². The predicted molar refractivity (Wildman–Crippen MR) is 50.2 cm³/mol. The fourth-order valence-corrected chi connectivity index (χ4v) is 1.50. The zero-order chi connectivity index (χ0) is 9.68. The minimum atomic E-state index is 0.0766. The third-order valence-electron chi connectivity index (χ3n) is 2.31. The third kappa shape index (κ3) is 3.21. The summed E-state index contributed by atoms with van der Waals surface area (Å²) in [5, 5.41) is 0. The van der Waals surface area contributed by atoms with Gasteiger partial charge in [0.2, 0.25) is 0 Å². The van der Waals surface area contributed by atoms with Gasteiger partial charge in [-0.15, -0.1) is 0 Å². The predicted octanol–water partition coefficient (Wildman–Crippen LogP) is -1.20. The van der Waals surface area contributed by atoms with Crippen LogP contribution < -0.4 is 11.3 Å². The number of hydrogen-bond donors (Lipinski definition) is 2. The van der Waals surface area contributed by atoms with Gasteiger partial charge >= 0.3 is 0 Å². The van der Waals surface area contributed by atoms with Crippen LogP contribution >= 0.6 is 0 Å². The van der Waals surface area contributed by atoms with Crippen molar-refractivity contribution in [1.29, 1.82) is 0 Å². The lowest BCUT2D eigenvalue weighted by Gasteiger charge is -2.34. The van der Waals surface area contributed by atoms with Crippen LogP contribution in [0.1, 0.15) is 0 Å². The Balaban J connectivity index is 2.37. The second-order valence-electron chi connectivity index (χ2n) is 3.40. The van der Waals surface area contributed by atoms with Gasteiger partial charge in [0.1, 0.15) is 0 Å². The van der Waals surface area contributed by atoms with Crippen LogP contribution in [0.2, 0.25) is 0 Å². The van der Waals surface area contributed by atoms with Gasteiger partial charge < -0.3 is 14.4 Å². The Hall–Kier alpha value is -0.200. The molecule has 0 bridgehead atoms. The Morgan fingerprint density at radius 2 is 2.54 bits per heavy atom. The smallest absolute Gasteiger partial charge is 0.0891 e. The lowest BCUT2D eigenvalue weighted by molar-refractivity contribution is -0.0511. The number of likely N-dealkylation sites (N-methyl/N-ethyl adjacent to an activating group) is 1. The summed E-state index contributed by atoms with van der Waals surface area (Å²) in [6.07, 6.45) is 0.128. The largest absolute Gasteiger partial charge is 0.383 e. The molecule has 1 rings (SSSR count). The Morgan fingerprint density at radius 1 is 1.77 bits per heavy atom. The normalized spacial score (nSPS) is 27.5. The summed E-state index contributed by atoms with van der Waals surface area (Å²) in [7, 11) is 3.74. The van der Waals surface area contributed by atoms with Crippen LogP contribution in [0.5, 0.6) is 0 Å². The van der Waals surface area contributed by atoms with Crippen LogP contribution in [-0.2, 0) is 9.47 Å². The van der Waals surface area contributed by atoms with E-state index in [1.807, 2.05) is 0 Å². The van der Waals surface area contributed by atoms with Crippen molar-refractivity contribution in [3.8, 4) is 0 Å². The zero-order valence-corrected chi connectivity index (χ0v) is 8.32. The van der Waals surface area contributed by atoms with E-state index in [9.17, 15) is 0 Å². The van der Waals surface area contributed by atoms with Crippen molar-refractivity contribution in [1.82, 2.24) is 10.3 Å². The molecule has 0 saturated carbocycles. The molecule has 0 spiro atoms. The molecule has 5 nitrogen and oxygen atoms in total. The van der Waals surface area contributed by atoms with Gasteiger partial charge in [-0.05, 0) is 7.05 Å². The molecule has 13 heavy (non-hydrogen) atoms. The Morgan fingerprint density at radius 3 is 3.08 bits per heavy atom. The first-order chi connectivity index (χ1) is 6.27. The number of ether oxygens (including phenoxy) is 2.